The van der Waals surface area contributed by atoms with Gasteiger partial charge in [0.15, 0.2) is 0 Å². The number of fused-ring (bicyclic) bond motifs is 1. The van der Waals surface area contributed by atoms with E-state index in [-0.39, 0.29) is 19.7 Å². The number of ether oxygens (including phenoxy) is 2. The summed E-state index contributed by atoms with van der Waals surface area (Å²) in [6.45, 7) is 2.59. The second-order valence-corrected chi connectivity index (χ2v) is 8.81. The molecule has 8 heteroatoms. The van der Waals surface area contributed by atoms with Crippen LogP contribution in [0.3, 0.4) is 0 Å². The highest BCUT2D eigenvalue weighted by molar-refractivity contribution is 7.92. The van der Waals surface area contributed by atoms with E-state index >= 15 is 0 Å². The number of hydrogen-bond donors (Lipinski definition) is 1. The highest BCUT2D eigenvalue weighted by Crippen LogP contribution is 2.22. The quantitative estimate of drug-likeness (QED) is 0.488. The fourth-order valence-corrected chi connectivity index (χ4v) is 3.93. The molecule has 0 spiro atoms. The molecule has 0 unspecified atom stereocenters. The first-order valence-corrected chi connectivity index (χ1v) is 11.8. The zero-order valence-corrected chi connectivity index (χ0v) is 18.4. The van der Waals surface area contributed by atoms with Gasteiger partial charge in [0, 0.05) is 0 Å². The summed E-state index contributed by atoms with van der Waals surface area (Å²) < 4.78 is 36.5. The van der Waals surface area contributed by atoms with Crippen molar-refractivity contribution in [3.8, 4) is 11.5 Å². The Kier molecular flexibility index (Phi) is 7.36. The Balaban J connectivity index is 1.53. The summed E-state index contributed by atoms with van der Waals surface area (Å²) in [5.41, 5.74) is 0.397. The number of nitrogens with one attached hydrogen (secondary N) is 1. The first-order chi connectivity index (χ1) is 14.9. The topological polar surface area (TPSA) is 84.9 Å². The van der Waals surface area contributed by atoms with Gasteiger partial charge < -0.3 is 14.8 Å². The van der Waals surface area contributed by atoms with Crippen LogP contribution in [-0.4, -0.2) is 46.9 Å². The SMILES string of the molecule is CCOc1ccc(N(CC(=O)NCCOc2ccc3ccccc3c2)S(C)(=O)=O)cc1. The Morgan fingerprint density at radius 2 is 1.61 bits per heavy atom. The predicted molar refractivity (Wildman–Crippen MR) is 122 cm³/mol. The fourth-order valence-electron chi connectivity index (χ4n) is 3.08. The summed E-state index contributed by atoms with van der Waals surface area (Å²) in [5.74, 6) is 0.927. The molecule has 0 saturated heterocycles. The van der Waals surface area contributed by atoms with Gasteiger partial charge in [0.05, 0.1) is 25.1 Å². The molecule has 0 aliphatic rings. The minimum atomic E-state index is -3.63. The maximum atomic E-state index is 12.3. The number of carbonyl (C=O) groups excluding carboxylic acids is 1. The molecule has 1 N–H and O–H groups in total. The second kappa shape index (κ2) is 10.2. The van der Waals surface area contributed by atoms with Gasteiger partial charge in [-0.2, -0.15) is 0 Å². The van der Waals surface area contributed by atoms with Gasteiger partial charge in [-0.3, -0.25) is 9.10 Å². The van der Waals surface area contributed by atoms with E-state index in [1.54, 1.807) is 24.3 Å². The van der Waals surface area contributed by atoms with Gasteiger partial charge in [-0.15, -0.1) is 0 Å². The molecule has 0 aliphatic carbocycles. The highest BCUT2D eigenvalue weighted by atomic mass is 32.2. The number of hydrogen-bond acceptors (Lipinski definition) is 5. The number of rotatable bonds is 10. The van der Waals surface area contributed by atoms with Gasteiger partial charge in [0.25, 0.3) is 0 Å². The Hall–Kier alpha value is -3.26. The van der Waals surface area contributed by atoms with E-state index < -0.39 is 15.9 Å². The molecule has 3 rings (SSSR count). The minimum absolute atomic E-state index is 0.256. The van der Waals surface area contributed by atoms with Crippen LogP contribution < -0.4 is 19.1 Å². The molecule has 164 valence electrons. The molecular weight excluding hydrogens is 416 g/mol. The number of nitrogens with zero attached hydrogens (tertiary/aromatic N) is 1. The third-order valence-electron chi connectivity index (χ3n) is 4.54. The Morgan fingerprint density at radius 1 is 0.935 bits per heavy atom. The van der Waals surface area contributed by atoms with Crippen LogP contribution in [0.15, 0.2) is 66.7 Å². The zero-order chi connectivity index (χ0) is 22.3. The number of sulfonamides is 1. The molecule has 0 radical (unpaired) electrons. The molecule has 0 heterocycles. The molecule has 31 heavy (non-hydrogen) atoms. The average molecular weight is 443 g/mol. The van der Waals surface area contributed by atoms with Gasteiger partial charge in [-0.1, -0.05) is 30.3 Å². The molecule has 0 aromatic heterocycles. The molecule has 0 bridgehead atoms. The first kappa shape index (κ1) is 22.4. The largest absolute Gasteiger partial charge is 0.494 e. The van der Waals surface area contributed by atoms with Crippen molar-refractivity contribution < 1.29 is 22.7 Å². The normalized spacial score (nSPS) is 11.2. The lowest BCUT2D eigenvalue weighted by Crippen LogP contribution is -2.41. The van der Waals surface area contributed by atoms with Crippen molar-refractivity contribution in [3.05, 3.63) is 66.7 Å². The van der Waals surface area contributed by atoms with Crippen molar-refractivity contribution in [3.63, 3.8) is 0 Å². The Morgan fingerprint density at radius 3 is 2.29 bits per heavy atom. The molecule has 1 amide bonds. The fraction of sp³-hybridized carbons (Fsp3) is 0.261. The summed E-state index contributed by atoms with van der Waals surface area (Å²) >= 11 is 0. The Bertz CT molecular complexity index is 1130. The van der Waals surface area contributed by atoms with Crippen molar-refractivity contribution in [1.29, 1.82) is 0 Å². The monoisotopic (exact) mass is 442 g/mol. The summed E-state index contributed by atoms with van der Waals surface area (Å²) in [7, 11) is -3.63. The predicted octanol–water partition coefficient (Wildman–Crippen LogP) is 3.20. The standard InChI is InChI=1S/C23H26N2O5S/c1-3-29-21-12-9-20(10-13-21)25(31(2,27)28)17-23(26)24-14-15-30-22-11-8-18-6-4-5-7-19(18)16-22/h4-13,16H,3,14-15,17H2,1-2H3,(H,24,26). The van der Waals surface area contributed by atoms with Crippen LogP contribution in [0.4, 0.5) is 5.69 Å². The van der Waals surface area contributed by atoms with Crippen LogP contribution in [0.2, 0.25) is 0 Å². The molecule has 7 nitrogen and oxygen atoms in total. The van der Waals surface area contributed by atoms with E-state index in [1.807, 2.05) is 49.4 Å². The lowest BCUT2D eigenvalue weighted by Gasteiger charge is -2.22. The second-order valence-electron chi connectivity index (χ2n) is 6.90. The molecule has 3 aromatic carbocycles. The van der Waals surface area contributed by atoms with E-state index in [2.05, 4.69) is 5.32 Å². The minimum Gasteiger partial charge on any atom is -0.494 e. The highest BCUT2D eigenvalue weighted by Gasteiger charge is 2.20. The summed E-state index contributed by atoms with van der Waals surface area (Å²) in [5, 5.41) is 4.90. The summed E-state index contributed by atoms with van der Waals surface area (Å²) in [6, 6.07) is 20.3. The van der Waals surface area contributed by atoms with E-state index in [1.165, 1.54) is 0 Å². The van der Waals surface area contributed by atoms with Gasteiger partial charge >= 0.3 is 0 Å². The lowest BCUT2D eigenvalue weighted by atomic mass is 10.1. The van der Waals surface area contributed by atoms with Crippen molar-refractivity contribution >= 4 is 32.4 Å². The van der Waals surface area contributed by atoms with Crippen molar-refractivity contribution in [2.45, 2.75) is 6.92 Å². The average Bonchev–Trinajstić information content (AvgIpc) is 2.75. The maximum absolute atomic E-state index is 12.3. The number of amides is 1. The summed E-state index contributed by atoms with van der Waals surface area (Å²) in [4.78, 5) is 12.3. The van der Waals surface area contributed by atoms with Crippen LogP contribution in [0.5, 0.6) is 11.5 Å². The number of anilines is 1. The van der Waals surface area contributed by atoms with Crippen LogP contribution in [0, 0.1) is 0 Å². The van der Waals surface area contributed by atoms with Crippen molar-refractivity contribution in [2.24, 2.45) is 0 Å². The smallest absolute Gasteiger partial charge is 0.240 e. The third-order valence-corrected chi connectivity index (χ3v) is 5.68. The summed E-state index contributed by atoms with van der Waals surface area (Å²) in [6.07, 6.45) is 1.07. The third kappa shape index (κ3) is 6.36. The van der Waals surface area contributed by atoms with Crippen molar-refractivity contribution in [2.75, 3.05) is 36.9 Å². The number of carbonyl (C=O) groups is 1. The molecular formula is C23H26N2O5S. The van der Waals surface area contributed by atoms with E-state index in [0.29, 0.717) is 23.8 Å². The van der Waals surface area contributed by atoms with Crippen LogP contribution >= 0.6 is 0 Å². The van der Waals surface area contributed by atoms with Gasteiger partial charge in [0.2, 0.25) is 15.9 Å². The van der Waals surface area contributed by atoms with Gasteiger partial charge in [-0.05, 0) is 54.1 Å². The van der Waals surface area contributed by atoms with E-state index in [0.717, 1.165) is 21.3 Å². The molecule has 3 aromatic rings. The zero-order valence-electron chi connectivity index (χ0n) is 17.6. The Labute approximate surface area is 182 Å². The molecule has 0 atom stereocenters. The molecule has 0 fully saturated rings. The van der Waals surface area contributed by atoms with Gasteiger partial charge in [-0.25, -0.2) is 8.42 Å². The number of benzene rings is 3. The van der Waals surface area contributed by atoms with Crippen LogP contribution in [0.1, 0.15) is 6.92 Å². The lowest BCUT2D eigenvalue weighted by molar-refractivity contribution is -0.119. The molecule has 0 saturated carbocycles. The van der Waals surface area contributed by atoms with E-state index in [9.17, 15) is 13.2 Å². The van der Waals surface area contributed by atoms with Gasteiger partial charge in [0.1, 0.15) is 24.7 Å². The van der Waals surface area contributed by atoms with Crippen LogP contribution in [-0.2, 0) is 14.8 Å². The first-order valence-electron chi connectivity index (χ1n) is 9.95. The maximum Gasteiger partial charge on any atom is 0.240 e. The van der Waals surface area contributed by atoms with Crippen LogP contribution in [0.25, 0.3) is 10.8 Å². The van der Waals surface area contributed by atoms with E-state index in [4.69, 9.17) is 9.47 Å². The molecule has 0 aliphatic heterocycles. The van der Waals surface area contributed by atoms with Crippen molar-refractivity contribution in [1.82, 2.24) is 5.32 Å².